The Labute approximate surface area is 140 Å². The van der Waals surface area contributed by atoms with Gasteiger partial charge in [-0.25, -0.2) is 4.79 Å². The Hall–Kier alpha value is -3.02. The van der Waals surface area contributed by atoms with E-state index in [4.69, 9.17) is 9.47 Å². The lowest BCUT2D eigenvalue weighted by molar-refractivity contribution is -0.116. The highest BCUT2D eigenvalue weighted by atomic mass is 16.5. The van der Waals surface area contributed by atoms with Crippen molar-refractivity contribution in [2.24, 2.45) is 0 Å². The van der Waals surface area contributed by atoms with Crippen molar-refractivity contribution < 1.29 is 19.1 Å². The van der Waals surface area contributed by atoms with Crippen LogP contribution in [0.2, 0.25) is 0 Å². The first kappa shape index (κ1) is 15.9. The highest BCUT2D eigenvalue weighted by molar-refractivity contribution is 5.95. The van der Waals surface area contributed by atoms with Crippen molar-refractivity contribution in [2.75, 3.05) is 23.4 Å². The van der Waals surface area contributed by atoms with Crippen LogP contribution in [-0.4, -0.2) is 25.2 Å². The number of nitrogens with one attached hydrogen (secondary N) is 1. The number of amides is 2. The zero-order valence-corrected chi connectivity index (χ0v) is 13.3. The molecule has 0 bridgehead atoms. The summed E-state index contributed by atoms with van der Waals surface area (Å²) in [4.78, 5) is 25.3. The topological polar surface area (TPSA) is 67.9 Å². The number of fused-ring (bicyclic) bond motifs is 1. The van der Waals surface area contributed by atoms with Gasteiger partial charge in [-0.3, -0.25) is 10.1 Å². The molecule has 0 saturated heterocycles. The lowest BCUT2D eigenvalue weighted by Crippen LogP contribution is -2.36. The average molecular weight is 326 g/mol. The second kappa shape index (κ2) is 7.04. The largest absolute Gasteiger partial charge is 0.490 e. The van der Waals surface area contributed by atoms with Gasteiger partial charge in [0, 0.05) is 12.6 Å². The maximum Gasteiger partial charge on any atom is 0.411 e. The number of anilines is 2. The van der Waals surface area contributed by atoms with E-state index in [9.17, 15) is 9.59 Å². The lowest BCUT2D eigenvalue weighted by Gasteiger charge is -2.29. The Morgan fingerprint density at radius 3 is 2.75 bits per heavy atom. The molecule has 2 aromatic carbocycles. The molecule has 2 amide bonds. The number of hydrogen-bond donors (Lipinski definition) is 1. The van der Waals surface area contributed by atoms with Crippen LogP contribution in [-0.2, 0) is 16.1 Å². The van der Waals surface area contributed by atoms with E-state index in [1.165, 1.54) is 6.92 Å². The van der Waals surface area contributed by atoms with Crippen LogP contribution in [0.5, 0.6) is 5.75 Å². The first-order valence-corrected chi connectivity index (χ1v) is 7.66. The molecule has 1 N–H and O–H groups in total. The predicted octanol–water partition coefficient (Wildman–Crippen LogP) is 3.18. The third kappa shape index (κ3) is 3.65. The van der Waals surface area contributed by atoms with Gasteiger partial charge in [0.25, 0.3) is 0 Å². The van der Waals surface area contributed by atoms with Crippen molar-refractivity contribution in [2.45, 2.75) is 13.5 Å². The third-order valence-corrected chi connectivity index (χ3v) is 3.66. The summed E-state index contributed by atoms with van der Waals surface area (Å²) < 4.78 is 10.7. The molecule has 6 heteroatoms. The molecule has 1 aliphatic rings. The van der Waals surface area contributed by atoms with Gasteiger partial charge in [0.2, 0.25) is 5.91 Å². The summed E-state index contributed by atoms with van der Waals surface area (Å²) >= 11 is 0. The van der Waals surface area contributed by atoms with Gasteiger partial charge in [0.1, 0.15) is 19.0 Å². The fraction of sp³-hybridized carbons (Fsp3) is 0.222. The van der Waals surface area contributed by atoms with Crippen molar-refractivity contribution in [1.29, 1.82) is 0 Å². The fourth-order valence-corrected chi connectivity index (χ4v) is 2.50. The van der Waals surface area contributed by atoms with Gasteiger partial charge in [-0.1, -0.05) is 30.3 Å². The van der Waals surface area contributed by atoms with Gasteiger partial charge >= 0.3 is 6.09 Å². The zero-order valence-electron chi connectivity index (χ0n) is 13.3. The fourth-order valence-electron chi connectivity index (χ4n) is 2.50. The van der Waals surface area contributed by atoms with Crippen LogP contribution in [0.15, 0.2) is 48.5 Å². The highest BCUT2D eigenvalue weighted by Crippen LogP contribution is 2.34. The van der Waals surface area contributed by atoms with Gasteiger partial charge in [-0.15, -0.1) is 0 Å². The van der Waals surface area contributed by atoms with Crippen LogP contribution < -0.4 is 15.0 Å². The van der Waals surface area contributed by atoms with Crippen molar-refractivity contribution in [3.63, 3.8) is 0 Å². The molecule has 0 fully saturated rings. The minimum absolute atomic E-state index is 0.0663. The van der Waals surface area contributed by atoms with Gasteiger partial charge in [0.15, 0.2) is 0 Å². The monoisotopic (exact) mass is 326 g/mol. The van der Waals surface area contributed by atoms with E-state index in [2.05, 4.69) is 5.32 Å². The Morgan fingerprint density at radius 1 is 1.21 bits per heavy atom. The van der Waals surface area contributed by atoms with Gasteiger partial charge in [0.05, 0.1) is 12.2 Å². The molecule has 6 nitrogen and oxygen atoms in total. The Bertz CT molecular complexity index is 746. The number of ether oxygens (including phenoxy) is 2. The van der Waals surface area contributed by atoms with E-state index in [-0.39, 0.29) is 12.5 Å². The molecule has 124 valence electrons. The van der Waals surface area contributed by atoms with Crippen LogP contribution >= 0.6 is 0 Å². The van der Waals surface area contributed by atoms with Gasteiger partial charge < -0.3 is 14.4 Å². The summed E-state index contributed by atoms with van der Waals surface area (Å²) in [5, 5.41) is 2.67. The van der Waals surface area contributed by atoms with E-state index >= 15 is 0 Å². The molecule has 0 radical (unpaired) electrons. The SMILES string of the molecule is CC(=O)N1CCOc2ccc(NC(=O)OCc3ccccc3)cc21. The summed E-state index contributed by atoms with van der Waals surface area (Å²) in [7, 11) is 0. The van der Waals surface area contributed by atoms with E-state index < -0.39 is 6.09 Å². The lowest BCUT2D eigenvalue weighted by atomic mass is 10.2. The van der Waals surface area contributed by atoms with Crippen molar-refractivity contribution in [3.05, 3.63) is 54.1 Å². The Morgan fingerprint density at radius 2 is 2.00 bits per heavy atom. The average Bonchev–Trinajstić information content (AvgIpc) is 2.60. The summed E-state index contributed by atoms with van der Waals surface area (Å²) in [5.41, 5.74) is 2.10. The molecular formula is C18H18N2O4. The van der Waals surface area contributed by atoms with Crippen LogP contribution in [0.25, 0.3) is 0 Å². The molecule has 0 saturated carbocycles. The minimum atomic E-state index is -0.551. The smallest absolute Gasteiger partial charge is 0.411 e. The zero-order chi connectivity index (χ0) is 16.9. The number of benzene rings is 2. The third-order valence-electron chi connectivity index (χ3n) is 3.66. The highest BCUT2D eigenvalue weighted by Gasteiger charge is 2.21. The molecule has 0 atom stereocenters. The first-order chi connectivity index (χ1) is 11.6. The number of nitrogens with zero attached hydrogens (tertiary/aromatic N) is 1. The quantitative estimate of drug-likeness (QED) is 0.940. The molecule has 0 unspecified atom stereocenters. The van der Waals surface area contributed by atoms with Crippen LogP contribution in [0.4, 0.5) is 16.2 Å². The summed E-state index contributed by atoms with van der Waals surface area (Å²) in [6.45, 7) is 2.65. The number of hydrogen-bond acceptors (Lipinski definition) is 4. The van der Waals surface area contributed by atoms with E-state index in [1.807, 2.05) is 30.3 Å². The predicted molar refractivity (Wildman–Crippen MR) is 90.2 cm³/mol. The van der Waals surface area contributed by atoms with E-state index in [1.54, 1.807) is 23.1 Å². The standard InChI is InChI=1S/C18H18N2O4/c1-13(21)20-9-10-23-17-8-7-15(11-16(17)20)19-18(22)24-12-14-5-3-2-4-6-14/h2-8,11H,9-10,12H2,1H3,(H,19,22). The maximum absolute atomic E-state index is 11.9. The summed E-state index contributed by atoms with van der Waals surface area (Å²) in [5.74, 6) is 0.558. The molecule has 3 rings (SSSR count). The van der Waals surface area contributed by atoms with Crippen LogP contribution in [0.3, 0.4) is 0 Å². The van der Waals surface area contributed by atoms with Crippen LogP contribution in [0.1, 0.15) is 12.5 Å². The Kier molecular flexibility index (Phi) is 4.65. The Balaban J connectivity index is 1.66. The van der Waals surface area contributed by atoms with Crippen molar-refractivity contribution in [1.82, 2.24) is 0 Å². The summed E-state index contributed by atoms with van der Waals surface area (Å²) in [6, 6.07) is 14.6. The van der Waals surface area contributed by atoms with Gasteiger partial charge in [-0.2, -0.15) is 0 Å². The van der Waals surface area contributed by atoms with E-state index in [0.717, 1.165) is 5.56 Å². The number of carbonyl (C=O) groups is 2. The van der Waals surface area contributed by atoms with E-state index in [0.29, 0.717) is 30.3 Å². The normalized spacial score (nSPS) is 12.8. The molecule has 24 heavy (non-hydrogen) atoms. The maximum atomic E-state index is 11.9. The second-order valence-electron chi connectivity index (χ2n) is 5.39. The molecule has 0 spiro atoms. The first-order valence-electron chi connectivity index (χ1n) is 7.66. The minimum Gasteiger partial charge on any atom is -0.490 e. The molecular weight excluding hydrogens is 308 g/mol. The van der Waals surface area contributed by atoms with Crippen molar-refractivity contribution >= 4 is 23.4 Å². The molecule has 1 aliphatic heterocycles. The molecule has 2 aromatic rings. The number of carbonyl (C=O) groups excluding carboxylic acids is 2. The number of rotatable bonds is 3. The van der Waals surface area contributed by atoms with Crippen LogP contribution in [0, 0.1) is 0 Å². The molecule has 0 aromatic heterocycles. The summed E-state index contributed by atoms with van der Waals surface area (Å²) in [6.07, 6.45) is -0.551. The van der Waals surface area contributed by atoms with Gasteiger partial charge in [-0.05, 0) is 23.8 Å². The molecule has 0 aliphatic carbocycles. The second-order valence-corrected chi connectivity index (χ2v) is 5.39. The van der Waals surface area contributed by atoms with Crippen molar-refractivity contribution in [3.8, 4) is 5.75 Å². The molecule has 1 heterocycles.